The van der Waals surface area contributed by atoms with Crippen molar-refractivity contribution in [1.82, 2.24) is 0 Å². The topological polar surface area (TPSA) is 118 Å². The average Bonchev–Trinajstić information content (AvgIpc) is 2.99. The van der Waals surface area contributed by atoms with E-state index in [0.29, 0.717) is 32.1 Å². The van der Waals surface area contributed by atoms with Gasteiger partial charge in [0.15, 0.2) is 5.78 Å². The van der Waals surface area contributed by atoms with Gasteiger partial charge in [-0.05, 0) is 94.6 Å². The van der Waals surface area contributed by atoms with Crippen molar-refractivity contribution in [3.63, 3.8) is 0 Å². The van der Waals surface area contributed by atoms with E-state index >= 15 is 0 Å². The van der Waals surface area contributed by atoms with Crippen LogP contribution in [0.3, 0.4) is 0 Å². The fraction of sp³-hybridized carbons (Fsp3) is 0.889. The third-order valence-corrected chi connectivity index (χ3v) is 10.6. The van der Waals surface area contributed by atoms with E-state index in [9.17, 15) is 30.3 Å². The molecule has 0 aromatic heterocycles. The zero-order valence-corrected chi connectivity index (χ0v) is 21.0. The Morgan fingerprint density at radius 3 is 2.33 bits per heavy atom. The molecule has 0 bridgehead atoms. The molecule has 0 aromatic carbocycles. The predicted molar refractivity (Wildman–Crippen MR) is 125 cm³/mol. The highest BCUT2D eigenvalue weighted by Crippen LogP contribution is 2.68. The zero-order valence-electron chi connectivity index (χ0n) is 21.0. The van der Waals surface area contributed by atoms with E-state index in [4.69, 9.17) is 0 Å². The van der Waals surface area contributed by atoms with Gasteiger partial charge in [0.25, 0.3) is 0 Å². The normalized spacial score (nSPS) is 47.3. The van der Waals surface area contributed by atoms with Crippen molar-refractivity contribution in [1.29, 1.82) is 0 Å². The number of carbonyl (C=O) groups excluding carboxylic acids is 1. The number of carbonyl (C=O) groups is 1. The smallest absolute Gasteiger partial charge is 0.187 e. The van der Waals surface area contributed by atoms with Crippen LogP contribution in [0.25, 0.3) is 0 Å². The quantitative estimate of drug-likeness (QED) is 0.427. The van der Waals surface area contributed by atoms with Gasteiger partial charge in [-0.2, -0.15) is 0 Å². The molecule has 1 unspecified atom stereocenters. The first kappa shape index (κ1) is 25.3. The Morgan fingerprint density at radius 2 is 1.70 bits per heavy atom. The van der Waals surface area contributed by atoms with Crippen molar-refractivity contribution in [3.8, 4) is 0 Å². The summed E-state index contributed by atoms with van der Waals surface area (Å²) < 4.78 is 0. The molecule has 188 valence electrons. The van der Waals surface area contributed by atoms with Crippen molar-refractivity contribution in [3.05, 3.63) is 11.6 Å². The maximum Gasteiger partial charge on any atom is 0.187 e. The van der Waals surface area contributed by atoms with E-state index in [0.717, 1.165) is 24.8 Å². The lowest BCUT2D eigenvalue weighted by molar-refractivity contribution is -0.189. The van der Waals surface area contributed by atoms with Crippen LogP contribution < -0.4 is 0 Å². The van der Waals surface area contributed by atoms with Crippen LogP contribution in [0, 0.1) is 28.6 Å². The molecule has 0 aliphatic heterocycles. The molecule has 0 heterocycles. The fourth-order valence-corrected chi connectivity index (χ4v) is 8.24. The van der Waals surface area contributed by atoms with E-state index in [1.165, 1.54) is 6.08 Å². The van der Waals surface area contributed by atoms with Gasteiger partial charge in [0.1, 0.15) is 5.60 Å². The van der Waals surface area contributed by atoms with Gasteiger partial charge >= 0.3 is 0 Å². The second kappa shape index (κ2) is 7.86. The first-order chi connectivity index (χ1) is 15.1. The Bertz CT molecular complexity index is 831. The minimum atomic E-state index is -1.58. The van der Waals surface area contributed by atoms with Crippen LogP contribution in [0.1, 0.15) is 92.4 Å². The SMILES string of the molecule is C[C@H]([C@H](O)CCC(C)(C)O)[C@H]1CC[C@@]2(O)C3=CC(=O)[C@]4(O)C[C@@H](O)CC[C@]4(C)C3CC[C@]12C. The van der Waals surface area contributed by atoms with Crippen LogP contribution >= 0.6 is 0 Å². The van der Waals surface area contributed by atoms with Crippen LogP contribution in [-0.2, 0) is 4.79 Å². The molecular weight excluding hydrogens is 420 g/mol. The van der Waals surface area contributed by atoms with Crippen molar-refractivity contribution in [2.24, 2.45) is 28.6 Å². The van der Waals surface area contributed by atoms with Crippen LogP contribution in [0.5, 0.6) is 0 Å². The van der Waals surface area contributed by atoms with E-state index in [2.05, 4.69) is 6.92 Å². The monoisotopic (exact) mass is 464 g/mol. The molecule has 3 fully saturated rings. The van der Waals surface area contributed by atoms with Gasteiger partial charge in [0.05, 0.1) is 23.4 Å². The van der Waals surface area contributed by atoms with Gasteiger partial charge < -0.3 is 25.5 Å². The summed E-state index contributed by atoms with van der Waals surface area (Å²) in [5.41, 5.74) is -3.94. The van der Waals surface area contributed by atoms with Gasteiger partial charge in [-0.3, -0.25) is 4.79 Å². The predicted octanol–water partition coefficient (Wildman–Crippen LogP) is 2.88. The summed E-state index contributed by atoms with van der Waals surface area (Å²) in [4.78, 5) is 13.3. The maximum atomic E-state index is 13.3. The number of hydrogen-bond acceptors (Lipinski definition) is 6. The van der Waals surface area contributed by atoms with Crippen LogP contribution in [0.15, 0.2) is 11.6 Å². The highest BCUT2D eigenvalue weighted by Gasteiger charge is 2.69. The van der Waals surface area contributed by atoms with Crippen molar-refractivity contribution in [2.75, 3.05) is 0 Å². The lowest BCUT2D eigenvalue weighted by Crippen LogP contribution is -2.66. The summed E-state index contributed by atoms with van der Waals surface area (Å²) >= 11 is 0. The first-order valence-electron chi connectivity index (χ1n) is 12.9. The Balaban J connectivity index is 1.65. The van der Waals surface area contributed by atoms with Crippen LogP contribution in [0.4, 0.5) is 0 Å². The van der Waals surface area contributed by atoms with Gasteiger partial charge in [-0.15, -0.1) is 0 Å². The molecule has 0 amide bonds. The van der Waals surface area contributed by atoms with Crippen molar-refractivity contribution in [2.45, 2.75) is 121 Å². The number of ketones is 1. The summed E-state index contributed by atoms with van der Waals surface area (Å²) in [5.74, 6) is -0.424. The number of rotatable bonds is 5. The molecule has 6 heteroatoms. The molecular formula is C27H44O6. The Morgan fingerprint density at radius 1 is 1.06 bits per heavy atom. The molecule has 9 atom stereocenters. The Kier molecular flexibility index (Phi) is 6.03. The minimum Gasteiger partial charge on any atom is -0.393 e. The third-order valence-electron chi connectivity index (χ3n) is 10.6. The van der Waals surface area contributed by atoms with Gasteiger partial charge in [-0.25, -0.2) is 0 Å². The molecule has 5 N–H and O–H groups in total. The van der Waals surface area contributed by atoms with Crippen LogP contribution in [-0.4, -0.2) is 60.3 Å². The molecule has 4 aliphatic rings. The molecule has 0 spiro atoms. The summed E-state index contributed by atoms with van der Waals surface area (Å²) in [6.07, 6.45) is 5.31. The Hall–Kier alpha value is -0.790. The maximum absolute atomic E-state index is 13.3. The van der Waals surface area contributed by atoms with Crippen molar-refractivity contribution >= 4 is 5.78 Å². The minimum absolute atomic E-state index is 0.0415. The lowest BCUT2D eigenvalue weighted by Gasteiger charge is -2.62. The van der Waals surface area contributed by atoms with E-state index < -0.39 is 39.8 Å². The van der Waals surface area contributed by atoms with Gasteiger partial charge in [0, 0.05) is 17.3 Å². The van der Waals surface area contributed by atoms with Gasteiger partial charge in [0.2, 0.25) is 0 Å². The molecule has 4 aliphatic carbocycles. The van der Waals surface area contributed by atoms with E-state index in [1.54, 1.807) is 13.8 Å². The highest BCUT2D eigenvalue weighted by molar-refractivity contribution is 6.00. The summed E-state index contributed by atoms with van der Waals surface area (Å²) in [6.45, 7) is 9.63. The third kappa shape index (κ3) is 3.58. The standard InChI is InChI=1S/C27H44O6/c1-16(21(29)9-10-23(2,3)31)18-8-13-26(32)20-14-22(30)27(33)15-17(28)6-11-25(27,5)19(20)7-12-24(18,26)4/h14,16-19,21,28-29,31-33H,6-13,15H2,1-5H3/t16-,17-,18+,19?,21+,24+,25+,26+,27+/m0/s1. The molecule has 4 rings (SSSR count). The molecule has 6 nitrogen and oxygen atoms in total. The number of fused-ring (bicyclic) bond motifs is 5. The molecule has 0 saturated heterocycles. The first-order valence-corrected chi connectivity index (χ1v) is 12.9. The van der Waals surface area contributed by atoms with Gasteiger partial charge in [-0.1, -0.05) is 20.8 Å². The second-order valence-corrected chi connectivity index (χ2v) is 12.9. The number of aliphatic hydroxyl groups excluding tert-OH is 2. The lowest BCUT2D eigenvalue weighted by atomic mass is 9.44. The van der Waals surface area contributed by atoms with Crippen molar-refractivity contribution < 1.29 is 30.3 Å². The largest absolute Gasteiger partial charge is 0.393 e. The molecule has 0 radical (unpaired) electrons. The second-order valence-electron chi connectivity index (χ2n) is 12.9. The summed E-state index contributed by atoms with van der Waals surface area (Å²) in [6, 6.07) is 0. The zero-order chi connectivity index (χ0) is 24.6. The number of aliphatic hydroxyl groups is 5. The number of hydrogen-bond donors (Lipinski definition) is 5. The summed E-state index contributed by atoms with van der Waals surface area (Å²) in [5, 5.41) is 54.9. The van der Waals surface area contributed by atoms with E-state index in [1.807, 2.05) is 13.8 Å². The fourth-order valence-electron chi connectivity index (χ4n) is 8.24. The van der Waals surface area contributed by atoms with Crippen LogP contribution in [0.2, 0.25) is 0 Å². The molecule has 0 aromatic rings. The highest BCUT2D eigenvalue weighted by atomic mass is 16.3. The molecule has 33 heavy (non-hydrogen) atoms. The van der Waals surface area contributed by atoms with E-state index in [-0.39, 0.29) is 30.0 Å². The molecule has 3 saturated carbocycles. The Labute approximate surface area is 198 Å². The average molecular weight is 465 g/mol. The summed E-state index contributed by atoms with van der Waals surface area (Å²) in [7, 11) is 0.